The number of unbranched alkanes of at least 4 members (excludes halogenated alkanes) is 2. The second-order valence-corrected chi connectivity index (χ2v) is 14.4. The number of ether oxygens (including phenoxy) is 2. The molecule has 0 aliphatic carbocycles. The fraction of sp³-hybridized carbons (Fsp3) is 0.629. The lowest BCUT2D eigenvalue weighted by molar-refractivity contribution is -0.151. The van der Waals surface area contributed by atoms with Gasteiger partial charge >= 0.3 is 0 Å². The van der Waals surface area contributed by atoms with E-state index >= 15 is 0 Å². The third kappa shape index (κ3) is 5.81. The Labute approximate surface area is 261 Å². The van der Waals surface area contributed by atoms with Crippen molar-refractivity contribution in [1.82, 2.24) is 9.80 Å². The molecule has 3 amide bonds. The third-order valence-corrected chi connectivity index (χ3v) is 9.37. The molecule has 0 saturated carbocycles. The zero-order valence-electron chi connectivity index (χ0n) is 27.1. The molecule has 1 aromatic rings. The number of hydrogen-bond acceptors (Lipinski definition) is 6. The Balaban J connectivity index is 1.53. The van der Waals surface area contributed by atoms with Gasteiger partial charge in [-0.25, -0.2) is 0 Å². The van der Waals surface area contributed by atoms with Crippen molar-refractivity contribution in [3.05, 3.63) is 48.6 Å². The second kappa shape index (κ2) is 12.3. The first-order valence-electron chi connectivity index (χ1n) is 16.1. The molecule has 2 saturated heterocycles. The van der Waals surface area contributed by atoms with Crippen LogP contribution in [0.4, 0.5) is 5.69 Å². The Morgan fingerprint density at radius 1 is 0.955 bits per heavy atom. The van der Waals surface area contributed by atoms with Gasteiger partial charge in [0.25, 0.3) is 0 Å². The molecule has 5 rings (SSSR count). The van der Waals surface area contributed by atoms with E-state index in [1.807, 2.05) is 60.4 Å². The summed E-state index contributed by atoms with van der Waals surface area (Å²) in [5.41, 5.74) is -1.03. The standard InChI is InChI=1S/C35H49N3O6/c1-7-43-25-16-14-24(15-17-25)36-20-11-13-26-27(30(36)40)28-31(41)37(19-9-8-10-22-39)29-32(42)38(21-12-18-35(28,29)44-26)34(5,6)23-33(2,3)4/h11-18,26-29,39H,7-10,19-23H2,1-6H3/t26-,27+,28+,29?,35+/m1/s1. The molecule has 4 aliphatic heterocycles. The largest absolute Gasteiger partial charge is 0.494 e. The van der Waals surface area contributed by atoms with Crippen molar-refractivity contribution in [3.8, 4) is 5.75 Å². The Morgan fingerprint density at radius 2 is 1.68 bits per heavy atom. The monoisotopic (exact) mass is 607 g/mol. The highest BCUT2D eigenvalue weighted by Crippen LogP contribution is 2.54. The van der Waals surface area contributed by atoms with Crippen LogP contribution < -0.4 is 9.64 Å². The van der Waals surface area contributed by atoms with Crippen molar-refractivity contribution in [2.45, 2.75) is 90.5 Å². The predicted molar refractivity (Wildman–Crippen MR) is 169 cm³/mol. The normalized spacial score (nSPS) is 28.6. The maximum absolute atomic E-state index is 14.7. The van der Waals surface area contributed by atoms with E-state index in [1.54, 1.807) is 9.80 Å². The highest BCUT2D eigenvalue weighted by Gasteiger charge is 2.72. The average molecular weight is 608 g/mol. The molecular weight excluding hydrogens is 558 g/mol. The van der Waals surface area contributed by atoms with Crippen LogP contribution in [-0.2, 0) is 19.1 Å². The maximum atomic E-state index is 14.7. The average Bonchev–Trinajstić information content (AvgIpc) is 3.25. The van der Waals surface area contributed by atoms with Crippen LogP contribution in [0.15, 0.2) is 48.6 Å². The van der Waals surface area contributed by atoms with Gasteiger partial charge in [-0.15, -0.1) is 0 Å². The molecule has 9 heteroatoms. The van der Waals surface area contributed by atoms with E-state index in [0.717, 1.165) is 24.3 Å². The Morgan fingerprint density at radius 3 is 2.34 bits per heavy atom. The number of nitrogens with zero attached hydrogens (tertiary/aromatic N) is 3. The van der Waals surface area contributed by atoms with Crippen LogP contribution in [0, 0.1) is 17.3 Å². The zero-order chi connectivity index (χ0) is 31.9. The lowest BCUT2D eigenvalue weighted by Gasteiger charge is -2.44. The number of fused-ring (bicyclic) bond motifs is 2. The van der Waals surface area contributed by atoms with Crippen LogP contribution >= 0.6 is 0 Å². The summed E-state index contributed by atoms with van der Waals surface area (Å²) in [5.74, 6) is -1.42. The summed E-state index contributed by atoms with van der Waals surface area (Å²) in [6.07, 6.45) is 9.84. The summed E-state index contributed by atoms with van der Waals surface area (Å²) < 4.78 is 12.4. The highest BCUT2D eigenvalue weighted by molar-refractivity contribution is 6.04. The smallest absolute Gasteiger partial charge is 0.249 e. The molecule has 44 heavy (non-hydrogen) atoms. The summed E-state index contributed by atoms with van der Waals surface area (Å²) in [4.78, 5) is 48.9. The van der Waals surface area contributed by atoms with Gasteiger partial charge in [-0.2, -0.15) is 0 Å². The number of aliphatic hydroxyl groups is 1. The summed E-state index contributed by atoms with van der Waals surface area (Å²) in [6, 6.07) is 6.53. The molecule has 1 aromatic carbocycles. The van der Waals surface area contributed by atoms with Crippen LogP contribution in [0.1, 0.15) is 67.2 Å². The molecule has 0 bridgehead atoms. The van der Waals surface area contributed by atoms with Gasteiger partial charge in [0.05, 0.1) is 24.5 Å². The SMILES string of the molecule is CCOc1ccc(N2CC=C[C@H]3O[C@]45C=CCN(C(C)(C)CC(C)(C)C)C(=O)C4N(CCCCCO)C(=O)[C@@H]5[C@H]3C2=O)cc1. The Bertz CT molecular complexity index is 1300. The Kier molecular flexibility index (Phi) is 9.02. The number of carbonyl (C=O) groups is 3. The van der Waals surface area contributed by atoms with E-state index in [2.05, 4.69) is 34.6 Å². The fourth-order valence-corrected chi connectivity index (χ4v) is 8.01. The molecule has 9 nitrogen and oxygen atoms in total. The molecule has 240 valence electrons. The van der Waals surface area contributed by atoms with E-state index in [0.29, 0.717) is 39.1 Å². The van der Waals surface area contributed by atoms with Crippen molar-refractivity contribution < 1.29 is 29.0 Å². The quantitative estimate of drug-likeness (QED) is 0.314. The van der Waals surface area contributed by atoms with Gasteiger partial charge in [-0.1, -0.05) is 45.1 Å². The van der Waals surface area contributed by atoms with E-state index in [-0.39, 0.29) is 29.7 Å². The summed E-state index contributed by atoms with van der Waals surface area (Å²) in [5, 5.41) is 9.34. The van der Waals surface area contributed by atoms with Gasteiger partial charge in [0.2, 0.25) is 17.7 Å². The number of benzene rings is 1. The number of amides is 3. The first kappa shape index (κ1) is 32.2. The van der Waals surface area contributed by atoms with Gasteiger partial charge in [0.15, 0.2) is 0 Å². The second-order valence-electron chi connectivity index (χ2n) is 14.4. The first-order chi connectivity index (χ1) is 20.8. The molecule has 2 fully saturated rings. The van der Waals surface area contributed by atoms with Crippen molar-refractivity contribution in [3.63, 3.8) is 0 Å². The van der Waals surface area contributed by atoms with Gasteiger partial charge in [0.1, 0.15) is 17.4 Å². The molecule has 1 N–H and O–H groups in total. The molecule has 1 unspecified atom stereocenters. The number of anilines is 1. The van der Waals surface area contributed by atoms with E-state index in [9.17, 15) is 19.5 Å². The molecule has 1 spiro atoms. The van der Waals surface area contributed by atoms with Gasteiger partial charge in [0, 0.05) is 37.5 Å². The van der Waals surface area contributed by atoms with Gasteiger partial charge in [-0.3, -0.25) is 14.4 Å². The fourth-order valence-electron chi connectivity index (χ4n) is 8.01. The van der Waals surface area contributed by atoms with E-state index in [1.165, 1.54) is 0 Å². The number of aliphatic hydroxyl groups excluding tert-OH is 1. The van der Waals surface area contributed by atoms with E-state index < -0.39 is 35.1 Å². The lowest BCUT2D eigenvalue weighted by atomic mass is 9.77. The minimum Gasteiger partial charge on any atom is -0.494 e. The zero-order valence-corrected chi connectivity index (χ0v) is 27.1. The van der Waals surface area contributed by atoms with Crippen molar-refractivity contribution in [1.29, 1.82) is 0 Å². The summed E-state index contributed by atoms with van der Waals surface area (Å²) in [6.45, 7) is 14.3. The molecule has 4 heterocycles. The van der Waals surface area contributed by atoms with Gasteiger partial charge < -0.3 is 29.3 Å². The predicted octanol–water partition coefficient (Wildman–Crippen LogP) is 4.34. The van der Waals surface area contributed by atoms with Gasteiger partial charge in [-0.05, 0) is 76.1 Å². The van der Waals surface area contributed by atoms with E-state index in [4.69, 9.17) is 9.47 Å². The molecule has 4 aliphatic rings. The Hall–Kier alpha value is -3.17. The van der Waals surface area contributed by atoms with Crippen molar-refractivity contribution in [2.75, 3.05) is 37.7 Å². The molecule has 0 aromatic heterocycles. The first-order valence-corrected chi connectivity index (χ1v) is 16.1. The molecule has 0 radical (unpaired) electrons. The van der Waals surface area contributed by atoms with Crippen molar-refractivity contribution in [2.24, 2.45) is 17.3 Å². The van der Waals surface area contributed by atoms with Crippen molar-refractivity contribution >= 4 is 23.4 Å². The summed E-state index contributed by atoms with van der Waals surface area (Å²) >= 11 is 0. The minimum absolute atomic E-state index is 0.0198. The molecule has 5 atom stereocenters. The number of carbonyl (C=O) groups excluding carboxylic acids is 3. The van der Waals surface area contributed by atoms with Crippen LogP contribution in [0.5, 0.6) is 5.75 Å². The van der Waals surface area contributed by atoms with Crippen LogP contribution in [-0.4, -0.2) is 88.8 Å². The van der Waals surface area contributed by atoms with Crippen LogP contribution in [0.25, 0.3) is 0 Å². The minimum atomic E-state index is -1.26. The van der Waals surface area contributed by atoms with Crippen LogP contribution in [0.2, 0.25) is 0 Å². The number of likely N-dealkylation sites (tertiary alicyclic amines) is 1. The topological polar surface area (TPSA) is 99.6 Å². The highest BCUT2D eigenvalue weighted by atomic mass is 16.5. The number of hydrogen-bond donors (Lipinski definition) is 1. The third-order valence-electron chi connectivity index (χ3n) is 9.37. The summed E-state index contributed by atoms with van der Waals surface area (Å²) in [7, 11) is 0. The number of rotatable bonds is 10. The maximum Gasteiger partial charge on any atom is 0.249 e. The lowest BCUT2D eigenvalue weighted by Crippen LogP contribution is -2.59. The molecular formula is C35H49N3O6. The van der Waals surface area contributed by atoms with Crippen LogP contribution in [0.3, 0.4) is 0 Å².